The third-order valence-corrected chi connectivity index (χ3v) is 5.68. The molecule has 5 heteroatoms. The van der Waals surface area contributed by atoms with Crippen molar-refractivity contribution in [3.63, 3.8) is 0 Å². The average Bonchev–Trinajstić information content (AvgIpc) is 2.71. The van der Waals surface area contributed by atoms with Crippen LogP contribution in [0, 0.1) is 6.92 Å². The number of rotatable bonds is 5. The molecule has 0 radical (unpaired) electrons. The largest absolute Gasteiger partial charge is 0.474 e. The fourth-order valence-electron chi connectivity index (χ4n) is 4.13. The Hall–Kier alpha value is -2.14. The van der Waals surface area contributed by atoms with E-state index < -0.39 is 0 Å². The molecule has 0 atom stereocenters. The topological polar surface area (TPSA) is 56.3 Å². The van der Waals surface area contributed by atoms with Crippen molar-refractivity contribution in [3.8, 4) is 5.88 Å². The monoisotopic (exact) mass is 367 g/mol. The average molecular weight is 367 g/mol. The van der Waals surface area contributed by atoms with Crippen LogP contribution in [-0.4, -0.2) is 35.3 Å². The number of anilines is 1. The molecular formula is C22H29N3O2. The lowest BCUT2D eigenvalue weighted by molar-refractivity contribution is 0.0829. The van der Waals surface area contributed by atoms with Gasteiger partial charge in [0.15, 0.2) is 0 Å². The van der Waals surface area contributed by atoms with Crippen LogP contribution in [-0.2, 0) is 4.74 Å². The molecule has 1 N–H and O–H groups in total. The highest BCUT2D eigenvalue weighted by Crippen LogP contribution is 2.34. The number of aryl methyl sites for hydroxylation is 1. The Morgan fingerprint density at radius 3 is 2.59 bits per heavy atom. The van der Waals surface area contributed by atoms with Crippen LogP contribution in [0.5, 0.6) is 5.88 Å². The van der Waals surface area contributed by atoms with Gasteiger partial charge in [-0.3, -0.25) is 0 Å². The van der Waals surface area contributed by atoms with E-state index >= 15 is 0 Å². The summed E-state index contributed by atoms with van der Waals surface area (Å²) in [6, 6.07) is 8.80. The first kappa shape index (κ1) is 18.2. The molecule has 0 spiro atoms. The van der Waals surface area contributed by atoms with Gasteiger partial charge < -0.3 is 14.8 Å². The Morgan fingerprint density at radius 2 is 1.81 bits per heavy atom. The van der Waals surface area contributed by atoms with E-state index in [2.05, 4.69) is 34.3 Å². The Bertz CT molecular complexity index is 738. The summed E-state index contributed by atoms with van der Waals surface area (Å²) in [7, 11) is 0. The van der Waals surface area contributed by atoms with Gasteiger partial charge in [-0.15, -0.1) is 0 Å². The first-order chi connectivity index (χ1) is 13.3. The molecule has 144 valence electrons. The summed E-state index contributed by atoms with van der Waals surface area (Å²) in [5, 5.41) is 3.57. The smallest absolute Gasteiger partial charge is 0.217 e. The maximum atomic E-state index is 6.36. The van der Waals surface area contributed by atoms with Crippen LogP contribution in [0.1, 0.15) is 55.6 Å². The van der Waals surface area contributed by atoms with Crippen molar-refractivity contribution in [3.05, 3.63) is 47.8 Å². The second-order valence-electron chi connectivity index (χ2n) is 7.74. The molecule has 2 fully saturated rings. The van der Waals surface area contributed by atoms with E-state index in [1.165, 1.54) is 11.1 Å². The molecule has 1 aliphatic heterocycles. The van der Waals surface area contributed by atoms with E-state index in [1.54, 1.807) is 0 Å². The zero-order valence-corrected chi connectivity index (χ0v) is 16.1. The number of pyridine rings is 2. The molecule has 1 aliphatic carbocycles. The highest BCUT2D eigenvalue weighted by Gasteiger charge is 2.26. The summed E-state index contributed by atoms with van der Waals surface area (Å²) >= 11 is 0. The third kappa shape index (κ3) is 4.78. The summed E-state index contributed by atoms with van der Waals surface area (Å²) in [4.78, 5) is 8.98. The highest BCUT2D eigenvalue weighted by atomic mass is 16.5. The van der Waals surface area contributed by atoms with Gasteiger partial charge in [0.1, 0.15) is 11.9 Å². The van der Waals surface area contributed by atoms with Crippen molar-refractivity contribution < 1.29 is 9.47 Å². The predicted octanol–water partition coefficient (Wildman–Crippen LogP) is 4.48. The molecule has 0 amide bonds. The van der Waals surface area contributed by atoms with Crippen molar-refractivity contribution in [2.24, 2.45) is 0 Å². The minimum Gasteiger partial charge on any atom is -0.474 e. The first-order valence-electron chi connectivity index (χ1n) is 10.2. The molecular weight excluding hydrogens is 338 g/mol. The van der Waals surface area contributed by atoms with Gasteiger partial charge in [0.05, 0.1) is 0 Å². The number of nitrogens with zero attached hydrogens (tertiary/aromatic N) is 2. The van der Waals surface area contributed by atoms with Crippen LogP contribution >= 0.6 is 0 Å². The molecule has 2 aromatic rings. The summed E-state index contributed by atoms with van der Waals surface area (Å²) in [5.41, 5.74) is 2.49. The molecule has 5 nitrogen and oxygen atoms in total. The predicted molar refractivity (Wildman–Crippen MR) is 106 cm³/mol. The van der Waals surface area contributed by atoms with Gasteiger partial charge in [-0.05, 0) is 75.1 Å². The van der Waals surface area contributed by atoms with Crippen LogP contribution in [0.25, 0.3) is 0 Å². The van der Waals surface area contributed by atoms with Crippen LogP contribution in [0.15, 0.2) is 36.7 Å². The molecule has 2 aliphatic rings. The van der Waals surface area contributed by atoms with E-state index in [-0.39, 0.29) is 6.10 Å². The quantitative estimate of drug-likeness (QED) is 0.844. The van der Waals surface area contributed by atoms with Crippen LogP contribution in [0.3, 0.4) is 0 Å². The van der Waals surface area contributed by atoms with Gasteiger partial charge in [-0.2, -0.15) is 0 Å². The van der Waals surface area contributed by atoms with E-state index in [9.17, 15) is 0 Å². The molecule has 1 saturated heterocycles. The zero-order chi connectivity index (χ0) is 18.5. The normalized spacial score (nSPS) is 23.7. The molecule has 3 heterocycles. The lowest BCUT2D eigenvalue weighted by Gasteiger charge is -2.31. The third-order valence-electron chi connectivity index (χ3n) is 5.68. The van der Waals surface area contributed by atoms with Crippen LogP contribution < -0.4 is 10.1 Å². The minimum absolute atomic E-state index is 0.252. The van der Waals surface area contributed by atoms with Gasteiger partial charge in [0.25, 0.3) is 0 Å². The Morgan fingerprint density at radius 1 is 1.00 bits per heavy atom. The maximum Gasteiger partial charge on any atom is 0.217 e. The summed E-state index contributed by atoms with van der Waals surface area (Å²) in [5.74, 6) is 2.32. The SMILES string of the molecule is Cc1ccnc(NC2CCC(Oc3ncccc3C3CCOCC3)CC2)c1. The molecule has 0 aromatic carbocycles. The Balaban J connectivity index is 1.33. The van der Waals surface area contributed by atoms with Crippen LogP contribution in [0.4, 0.5) is 5.82 Å². The van der Waals surface area contributed by atoms with Gasteiger partial charge in [-0.1, -0.05) is 6.07 Å². The number of hydrogen-bond acceptors (Lipinski definition) is 5. The number of ether oxygens (including phenoxy) is 2. The second kappa shape index (κ2) is 8.70. The van der Waals surface area contributed by atoms with Gasteiger partial charge in [0.2, 0.25) is 5.88 Å². The van der Waals surface area contributed by atoms with Crippen LogP contribution in [0.2, 0.25) is 0 Å². The zero-order valence-electron chi connectivity index (χ0n) is 16.1. The maximum absolute atomic E-state index is 6.36. The molecule has 0 bridgehead atoms. The van der Waals surface area contributed by atoms with E-state index in [0.717, 1.165) is 63.4 Å². The standard InChI is InChI=1S/C22H29N3O2/c1-16-8-12-23-21(15-16)25-18-4-6-19(7-5-18)27-22-20(3-2-11-24-22)17-9-13-26-14-10-17/h2-3,8,11-12,15,17-19H,4-7,9-10,13-14H2,1H3,(H,23,25). The van der Waals surface area contributed by atoms with Crippen molar-refractivity contribution in [1.29, 1.82) is 0 Å². The van der Waals surface area contributed by atoms with Gasteiger partial charge in [-0.25, -0.2) is 9.97 Å². The number of nitrogens with one attached hydrogen (secondary N) is 1. The highest BCUT2D eigenvalue weighted by molar-refractivity contribution is 5.38. The minimum atomic E-state index is 0.252. The second-order valence-corrected chi connectivity index (χ2v) is 7.74. The fourth-order valence-corrected chi connectivity index (χ4v) is 4.13. The van der Waals surface area contributed by atoms with Crippen molar-refractivity contribution >= 4 is 5.82 Å². The van der Waals surface area contributed by atoms with Gasteiger partial charge in [0, 0.05) is 37.2 Å². The molecule has 4 rings (SSSR count). The summed E-state index contributed by atoms with van der Waals surface area (Å²) in [6.07, 6.45) is 10.4. The Kier molecular flexibility index (Phi) is 5.87. The summed E-state index contributed by atoms with van der Waals surface area (Å²) < 4.78 is 11.9. The fraction of sp³-hybridized carbons (Fsp3) is 0.545. The lowest BCUT2D eigenvalue weighted by Crippen LogP contribution is -2.32. The van der Waals surface area contributed by atoms with E-state index in [4.69, 9.17) is 9.47 Å². The van der Waals surface area contributed by atoms with E-state index in [1.807, 2.05) is 24.5 Å². The molecule has 27 heavy (non-hydrogen) atoms. The Labute approximate surface area is 161 Å². The molecule has 0 unspecified atom stereocenters. The number of hydrogen-bond donors (Lipinski definition) is 1. The van der Waals surface area contributed by atoms with Crippen molar-refractivity contribution in [2.75, 3.05) is 18.5 Å². The molecule has 1 saturated carbocycles. The van der Waals surface area contributed by atoms with Crippen molar-refractivity contribution in [1.82, 2.24) is 9.97 Å². The van der Waals surface area contributed by atoms with E-state index in [0.29, 0.717) is 12.0 Å². The molecule has 2 aromatic heterocycles. The lowest BCUT2D eigenvalue weighted by atomic mass is 9.91. The summed E-state index contributed by atoms with van der Waals surface area (Å²) in [6.45, 7) is 3.77. The van der Waals surface area contributed by atoms with Gasteiger partial charge >= 0.3 is 0 Å². The number of aromatic nitrogens is 2. The first-order valence-corrected chi connectivity index (χ1v) is 10.2. The van der Waals surface area contributed by atoms with Crippen molar-refractivity contribution in [2.45, 2.75) is 63.5 Å².